The average molecular weight is 254 g/mol. The number of nitrogens with one attached hydrogen (secondary N) is 1. The first-order chi connectivity index (χ1) is 8.51. The molecule has 0 saturated carbocycles. The minimum absolute atomic E-state index is 0.0394. The van der Waals surface area contributed by atoms with Gasteiger partial charge in [-0.3, -0.25) is 4.98 Å². The molecule has 0 aliphatic carbocycles. The van der Waals surface area contributed by atoms with Gasteiger partial charge in [-0.1, -0.05) is 0 Å². The van der Waals surface area contributed by atoms with E-state index < -0.39 is 5.60 Å². The Morgan fingerprint density at radius 3 is 3.00 bits per heavy atom. The Balaban J connectivity index is 1.92. The second-order valence-corrected chi connectivity index (χ2v) is 4.87. The van der Waals surface area contributed by atoms with Gasteiger partial charge in [0, 0.05) is 25.6 Å². The molecule has 2 heterocycles. The molecule has 1 aromatic heterocycles. The molecule has 1 aliphatic heterocycles. The molecule has 0 aromatic carbocycles. The van der Waals surface area contributed by atoms with Crippen LogP contribution in [0.4, 0.5) is 4.39 Å². The molecule has 1 saturated heterocycles. The van der Waals surface area contributed by atoms with Gasteiger partial charge in [-0.2, -0.15) is 0 Å². The number of halogens is 1. The van der Waals surface area contributed by atoms with Crippen LogP contribution in [0.5, 0.6) is 0 Å². The highest BCUT2D eigenvalue weighted by atomic mass is 19.1. The van der Waals surface area contributed by atoms with Crippen molar-refractivity contribution in [2.75, 3.05) is 13.2 Å². The van der Waals surface area contributed by atoms with Crippen molar-refractivity contribution in [3.8, 4) is 0 Å². The van der Waals surface area contributed by atoms with Crippen LogP contribution >= 0.6 is 0 Å². The summed E-state index contributed by atoms with van der Waals surface area (Å²) in [5.41, 5.74) is -0.0690. The summed E-state index contributed by atoms with van der Waals surface area (Å²) in [6.45, 7) is 4.83. The van der Waals surface area contributed by atoms with Gasteiger partial charge in [0.2, 0.25) is 0 Å². The molecule has 4 nitrogen and oxygen atoms in total. The number of ether oxygens (including phenoxy) is 1. The molecule has 1 aromatic rings. The molecule has 100 valence electrons. The smallest absolute Gasteiger partial charge is 0.141 e. The molecule has 5 heteroatoms. The number of hydrogen-bond donors (Lipinski definition) is 2. The van der Waals surface area contributed by atoms with Crippen LogP contribution in [0.2, 0.25) is 0 Å². The molecule has 3 unspecified atom stereocenters. The maximum absolute atomic E-state index is 12.8. The van der Waals surface area contributed by atoms with Gasteiger partial charge in [-0.15, -0.1) is 0 Å². The van der Waals surface area contributed by atoms with E-state index in [1.165, 1.54) is 12.3 Å². The van der Waals surface area contributed by atoms with Crippen LogP contribution in [0.3, 0.4) is 0 Å². The highest BCUT2D eigenvalue weighted by molar-refractivity contribution is 5.09. The van der Waals surface area contributed by atoms with Gasteiger partial charge in [0.15, 0.2) is 0 Å². The van der Waals surface area contributed by atoms with Crippen LogP contribution < -0.4 is 5.32 Å². The van der Waals surface area contributed by atoms with Gasteiger partial charge >= 0.3 is 0 Å². The van der Waals surface area contributed by atoms with Gasteiger partial charge in [0.1, 0.15) is 11.4 Å². The molecule has 1 fully saturated rings. The van der Waals surface area contributed by atoms with Gasteiger partial charge in [0.25, 0.3) is 0 Å². The van der Waals surface area contributed by atoms with Gasteiger partial charge < -0.3 is 15.2 Å². The van der Waals surface area contributed by atoms with Gasteiger partial charge in [-0.05, 0) is 26.0 Å². The van der Waals surface area contributed by atoms with Crippen molar-refractivity contribution >= 4 is 0 Å². The number of rotatable bonds is 4. The second kappa shape index (κ2) is 5.30. The van der Waals surface area contributed by atoms with Crippen molar-refractivity contribution in [3.63, 3.8) is 0 Å². The molecule has 0 spiro atoms. The predicted octanol–water partition coefficient (Wildman–Crippen LogP) is 1.41. The molecular formula is C13H19FN2O2. The van der Waals surface area contributed by atoms with Crippen molar-refractivity contribution in [2.24, 2.45) is 0 Å². The van der Waals surface area contributed by atoms with Gasteiger partial charge in [0.05, 0.1) is 18.0 Å². The molecule has 3 atom stereocenters. The number of aromatic nitrogens is 1. The molecule has 0 bridgehead atoms. The van der Waals surface area contributed by atoms with Crippen LogP contribution in [0, 0.1) is 5.82 Å². The lowest BCUT2D eigenvalue weighted by Crippen LogP contribution is -2.46. The fourth-order valence-electron chi connectivity index (χ4n) is 2.08. The topological polar surface area (TPSA) is 54.4 Å². The Morgan fingerprint density at radius 2 is 2.44 bits per heavy atom. The van der Waals surface area contributed by atoms with Crippen LogP contribution in [-0.4, -0.2) is 34.9 Å². The largest absolute Gasteiger partial charge is 0.386 e. The third-order valence-electron chi connectivity index (χ3n) is 3.57. The van der Waals surface area contributed by atoms with E-state index in [1.54, 1.807) is 6.07 Å². The summed E-state index contributed by atoms with van der Waals surface area (Å²) in [6, 6.07) is 2.99. The first kappa shape index (κ1) is 13.4. The number of pyridine rings is 1. The quantitative estimate of drug-likeness (QED) is 0.853. The minimum atomic E-state index is -0.825. The first-order valence-electron chi connectivity index (χ1n) is 6.20. The Kier molecular flexibility index (Phi) is 3.94. The normalized spacial score (nSPS) is 29.4. The third kappa shape index (κ3) is 2.85. The van der Waals surface area contributed by atoms with E-state index in [9.17, 15) is 9.50 Å². The molecule has 0 radical (unpaired) electrons. The molecule has 1 aliphatic rings. The molecule has 2 N–H and O–H groups in total. The summed E-state index contributed by atoms with van der Waals surface area (Å²) < 4.78 is 18.1. The first-order valence-corrected chi connectivity index (χ1v) is 6.20. The van der Waals surface area contributed by atoms with E-state index in [1.807, 2.05) is 13.8 Å². The highest BCUT2D eigenvalue weighted by Gasteiger charge is 2.39. The zero-order chi connectivity index (χ0) is 13.2. The Bertz CT molecular complexity index is 398. The van der Waals surface area contributed by atoms with E-state index in [4.69, 9.17) is 4.74 Å². The van der Waals surface area contributed by atoms with Crippen molar-refractivity contribution in [3.05, 3.63) is 29.8 Å². The lowest BCUT2D eigenvalue weighted by molar-refractivity contribution is -0.0275. The Hall–Kier alpha value is -1.04. The van der Waals surface area contributed by atoms with Crippen LogP contribution in [0.1, 0.15) is 32.0 Å². The van der Waals surface area contributed by atoms with E-state index in [2.05, 4.69) is 10.3 Å². The average Bonchev–Trinajstić information content (AvgIpc) is 2.68. The number of aliphatic hydroxyl groups is 1. The molecule has 0 amide bonds. The fraction of sp³-hybridized carbons (Fsp3) is 0.615. The molecule has 18 heavy (non-hydrogen) atoms. The Labute approximate surface area is 106 Å². The van der Waals surface area contributed by atoms with Gasteiger partial charge in [-0.25, -0.2) is 4.39 Å². The summed E-state index contributed by atoms with van der Waals surface area (Å²) in [7, 11) is 0. The standard InChI is InChI=1S/C13H19FN2O2/c1-9(12-4-3-11(14)7-15-12)16-8-13(17)5-6-18-10(13)2/h3-4,7,9-10,16-17H,5-6,8H2,1-2H3. The zero-order valence-corrected chi connectivity index (χ0v) is 10.7. The lowest BCUT2D eigenvalue weighted by Gasteiger charge is -2.28. The summed E-state index contributed by atoms with van der Waals surface area (Å²) in [6.07, 6.45) is 1.66. The van der Waals surface area contributed by atoms with Crippen molar-refractivity contribution in [1.82, 2.24) is 10.3 Å². The highest BCUT2D eigenvalue weighted by Crippen LogP contribution is 2.25. The van der Waals surface area contributed by atoms with E-state index in [0.29, 0.717) is 19.6 Å². The summed E-state index contributed by atoms with van der Waals surface area (Å²) in [5.74, 6) is -0.345. The second-order valence-electron chi connectivity index (χ2n) is 4.87. The van der Waals surface area contributed by atoms with Crippen molar-refractivity contribution < 1.29 is 14.2 Å². The van der Waals surface area contributed by atoms with E-state index in [0.717, 1.165) is 5.69 Å². The van der Waals surface area contributed by atoms with E-state index >= 15 is 0 Å². The zero-order valence-electron chi connectivity index (χ0n) is 10.7. The summed E-state index contributed by atoms with van der Waals surface area (Å²) >= 11 is 0. The fourth-order valence-corrected chi connectivity index (χ4v) is 2.08. The molecule has 2 rings (SSSR count). The lowest BCUT2D eigenvalue weighted by atomic mass is 9.96. The maximum atomic E-state index is 12.8. The van der Waals surface area contributed by atoms with Crippen LogP contribution in [-0.2, 0) is 4.74 Å². The van der Waals surface area contributed by atoms with E-state index in [-0.39, 0.29) is 18.0 Å². The minimum Gasteiger partial charge on any atom is -0.386 e. The molecular weight excluding hydrogens is 235 g/mol. The monoisotopic (exact) mass is 254 g/mol. The SMILES string of the molecule is CC(NCC1(O)CCOC1C)c1ccc(F)cn1. The van der Waals surface area contributed by atoms with Crippen LogP contribution in [0.15, 0.2) is 18.3 Å². The third-order valence-corrected chi connectivity index (χ3v) is 3.57. The summed E-state index contributed by atoms with van der Waals surface area (Å²) in [5, 5.41) is 13.5. The Morgan fingerprint density at radius 1 is 1.67 bits per heavy atom. The number of nitrogens with zero attached hydrogens (tertiary/aromatic N) is 1. The maximum Gasteiger partial charge on any atom is 0.141 e. The van der Waals surface area contributed by atoms with Crippen molar-refractivity contribution in [2.45, 2.75) is 38.0 Å². The summed E-state index contributed by atoms with van der Waals surface area (Å²) in [4.78, 5) is 4.01. The number of hydrogen-bond acceptors (Lipinski definition) is 4. The van der Waals surface area contributed by atoms with Crippen LogP contribution in [0.25, 0.3) is 0 Å². The van der Waals surface area contributed by atoms with Crippen molar-refractivity contribution in [1.29, 1.82) is 0 Å². The predicted molar refractivity (Wildman–Crippen MR) is 65.6 cm³/mol.